The van der Waals surface area contributed by atoms with Gasteiger partial charge in [-0.25, -0.2) is 0 Å². The number of rotatable bonds is 1. The molecule has 1 unspecified atom stereocenters. The van der Waals surface area contributed by atoms with E-state index in [1.807, 2.05) is 0 Å². The summed E-state index contributed by atoms with van der Waals surface area (Å²) in [6, 6.07) is 0. The third kappa shape index (κ3) is 1.35. The van der Waals surface area contributed by atoms with Crippen LogP contribution < -0.4 is 5.32 Å². The molecule has 0 aromatic rings. The van der Waals surface area contributed by atoms with Gasteiger partial charge in [0.25, 0.3) is 0 Å². The van der Waals surface area contributed by atoms with Gasteiger partial charge in [0.2, 0.25) is 0 Å². The largest absolute Gasteiger partial charge is 0.368 e. The minimum absolute atomic E-state index is 0.465. The lowest BCUT2D eigenvalue weighted by Crippen LogP contribution is -2.31. The van der Waals surface area contributed by atoms with Crippen LogP contribution in [0.5, 0.6) is 0 Å². The van der Waals surface area contributed by atoms with Crippen LogP contribution in [0.15, 0.2) is 11.4 Å². The van der Waals surface area contributed by atoms with E-state index in [1.165, 1.54) is 11.4 Å². The summed E-state index contributed by atoms with van der Waals surface area (Å²) in [5.74, 6) is 0.623. The molecular weight excluding hydrogens is 136 g/mol. The van der Waals surface area contributed by atoms with E-state index in [1.54, 1.807) is 0 Å². The lowest BCUT2D eigenvalue weighted by molar-refractivity contribution is 0.309. The highest BCUT2D eigenvalue weighted by molar-refractivity contribution is 5.17. The van der Waals surface area contributed by atoms with Gasteiger partial charge in [-0.3, -0.25) is 0 Å². The molecule has 1 heterocycles. The van der Waals surface area contributed by atoms with Gasteiger partial charge in [-0.2, -0.15) is 0 Å². The zero-order chi connectivity index (χ0) is 8.59. The van der Waals surface area contributed by atoms with Crippen LogP contribution in [0.3, 0.4) is 0 Å². The van der Waals surface area contributed by atoms with Gasteiger partial charge in [0, 0.05) is 18.4 Å². The molecule has 1 rings (SSSR count). The Kier molecular flexibility index (Phi) is 2.12. The average molecular weight is 154 g/mol. The van der Waals surface area contributed by atoms with Crippen LogP contribution >= 0.6 is 0 Å². The van der Waals surface area contributed by atoms with E-state index in [2.05, 4.69) is 45.0 Å². The summed E-state index contributed by atoms with van der Waals surface area (Å²) in [5, 5.41) is 3.40. The van der Waals surface area contributed by atoms with Crippen molar-refractivity contribution in [3.05, 3.63) is 11.4 Å². The van der Waals surface area contributed by atoms with Gasteiger partial charge in [0.15, 0.2) is 0 Å². The van der Waals surface area contributed by atoms with Crippen molar-refractivity contribution in [2.75, 3.05) is 7.05 Å². The van der Waals surface area contributed by atoms with E-state index in [-0.39, 0.29) is 0 Å². The number of hydrogen-bond acceptors (Lipinski definition) is 2. The Hall–Kier alpha value is -0.660. The van der Waals surface area contributed by atoms with E-state index < -0.39 is 0 Å². The van der Waals surface area contributed by atoms with Crippen molar-refractivity contribution in [3.63, 3.8) is 0 Å². The van der Waals surface area contributed by atoms with E-state index in [0.29, 0.717) is 12.1 Å². The summed E-state index contributed by atoms with van der Waals surface area (Å²) in [7, 11) is 2.14. The van der Waals surface area contributed by atoms with Crippen LogP contribution in [0.25, 0.3) is 0 Å². The maximum atomic E-state index is 3.40. The molecule has 0 amide bonds. The summed E-state index contributed by atoms with van der Waals surface area (Å²) in [6.07, 6.45) is 0.465. The topological polar surface area (TPSA) is 15.3 Å². The van der Waals surface area contributed by atoms with Gasteiger partial charge >= 0.3 is 0 Å². The van der Waals surface area contributed by atoms with E-state index in [0.717, 1.165) is 0 Å². The fourth-order valence-electron chi connectivity index (χ4n) is 1.80. The maximum absolute atomic E-state index is 3.40. The predicted molar refractivity (Wildman–Crippen MR) is 47.9 cm³/mol. The molecule has 0 aromatic heterocycles. The molecule has 0 radical (unpaired) electrons. The molecule has 0 spiro atoms. The van der Waals surface area contributed by atoms with Gasteiger partial charge in [0.1, 0.15) is 0 Å². The summed E-state index contributed by atoms with van der Waals surface area (Å²) < 4.78 is 0. The molecule has 11 heavy (non-hydrogen) atoms. The second kappa shape index (κ2) is 2.76. The fraction of sp³-hybridized carbons (Fsp3) is 0.778. The van der Waals surface area contributed by atoms with Gasteiger partial charge < -0.3 is 10.2 Å². The lowest BCUT2D eigenvalue weighted by atomic mass is 10.1. The van der Waals surface area contributed by atoms with E-state index >= 15 is 0 Å². The smallest absolute Gasteiger partial charge is 0.0953 e. The molecule has 0 bridgehead atoms. The zero-order valence-electron chi connectivity index (χ0n) is 8.10. The third-order valence-electron chi connectivity index (χ3n) is 2.32. The number of allylic oxidation sites excluding steroid dienone is 2. The normalized spacial score (nSPS) is 24.9. The number of hydrogen-bond donors (Lipinski definition) is 1. The molecular formula is C9H18N2. The van der Waals surface area contributed by atoms with Crippen LogP contribution in [0.1, 0.15) is 27.7 Å². The van der Waals surface area contributed by atoms with Crippen LogP contribution in [-0.2, 0) is 0 Å². The van der Waals surface area contributed by atoms with Crippen molar-refractivity contribution in [2.45, 2.75) is 33.9 Å². The minimum atomic E-state index is 0.465. The highest BCUT2D eigenvalue weighted by atomic mass is 15.3. The SMILES string of the molecule is CC1=C(C(C)C)N(C)C(C)N1. The third-order valence-corrected chi connectivity index (χ3v) is 2.32. The first kappa shape index (κ1) is 8.44. The molecule has 1 N–H and O–H groups in total. The second-order valence-electron chi connectivity index (χ2n) is 3.60. The summed E-state index contributed by atoms with van der Waals surface area (Å²) >= 11 is 0. The standard InChI is InChI=1S/C9H18N2/c1-6(2)9-7(3)10-8(4)11(9)5/h6,8,10H,1-5H3. The molecule has 0 aromatic carbocycles. The fourth-order valence-corrected chi connectivity index (χ4v) is 1.80. The number of nitrogens with zero attached hydrogens (tertiary/aromatic N) is 1. The van der Waals surface area contributed by atoms with Crippen molar-refractivity contribution in [3.8, 4) is 0 Å². The van der Waals surface area contributed by atoms with Crippen molar-refractivity contribution >= 4 is 0 Å². The van der Waals surface area contributed by atoms with Crippen molar-refractivity contribution in [1.82, 2.24) is 10.2 Å². The molecule has 2 heteroatoms. The molecule has 1 atom stereocenters. The van der Waals surface area contributed by atoms with Gasteiger partial charge in [-0.1, -0.05) is 13.8 Å². The van der Waals surface area contributed by atoms with Crippen LogP contribution in [0, 0.1) is 5.92 Å². The Balaban J connectivity index is 2.83. The maximum Gasteiger partial charge on any atom is 0.0953 e. The van der Waals surface area contributed by atoms with Gasteiger partial charge in [0.05, 0.1) is 6.17 Å². The zero-order valence-corrected chi connectivity index (χ0v) is 8.10. The first-order valence-corrected chi connectivity index (χ1v) is 4.24. The molecule has 0 saturated carbocycles. The van der Waals surface area contributed by atoms with Crippen LogP contribution in [0.4, 0.5) is 0 Å². The molecule has 1 aliphatic heterocycles. The molecule has 64 valence electrons. The van der Waals surface area contributed by atoms with E-state index in [9.17, 15) is 0 Å². The summed E-state index contributed by atoms with van der Waals surface area (Å²) in [4.78, 5) is 2.31. The second-order valence-corrected chi connectivity index (χ2v) is 3.60. The monoisotopic (exact) mass is 154 g/mol. The summed E-state index contributed by atoms with van der Waals surface area (Å²) in [5.41, 5.74) is 2.77. The van der Waals surface area contributed by atoms with Crippen LogP contribution in [0.2, 0.25) is 0 Å². The number of nitrogens with one attached hydrogen (secondary N) is 1. The Morgan fingerprint density at radius 2 is 2.00 bits per heavy atom. The Bertz CT molecular complexity index is 182. The first-order valence-electron chi connectivity index (χ1n) is 4.24. The quantitative estimate of drug-likeness (QED) is 0.619. The highest BCUT2D eigenvalue weighted by Crippen LogP contribution is 2.23. The van der Waals surface area contributed by atoms with Gasteiger partial charge in [-0.15, -0.1) is 0 Å². The molecule has 0 saturated heterocycles. The van der Waals surface area contributed by atoms with Crippen molar-refractivity contribution in [1.29, 1.82) is 0 Å². The van der Waals surface area contributed by atoms with E-state index in [4.69, 9.17) is 0 Å². The molecule has 2 nitrogen and oxygen atoms in total. The molecule has 0 aliphatic carbocycles. The van der Waals surface area contributed by atoms with Crippen molar-refractivity contribution < 1.29 is 0 Å². The Labute approximate surface area is 69.3 Å². The minimum Gasteiger partial charge on any atom is -0.368 e. The highest BCUT2D eigenvalue weighted by Gasteiger charge is 2.23. The first-order chi connectivity index (χ1) is 5.04. The van der Waals surface area contributed by atoms with Crippen molar-refractivity contribution in [2.24, 2.45) is 5.92 Å². The predicted octanol–water partition coefficient (Wildman–Crippen LogP) is 1.75. The molecule has 1 aliphatic rings. The molecule has 0 fully saturated rings. The Morgan fingerprint density at radius 1 is 1.45 bits per heavy atom. The summed E-state index contributed by atoms with van der Waals surface area (Å²) in [6.45, 7) is 8.79. The lowest BCUT2D eigenvalue weighted by Gasteiger charge is -2.23. The van der Waals surface area contributed by atoms with Gasteiger partial charge in [-0.05, 0) is 19.8 Å². The van der Waals surface area contributed by atoms with Crippen LogP contribution in [-0.4, -0.2) is 18.1 Å². The Morgan fingerprint density at radius 3 is 2.18 bits per heavy atom. The average Bonchev–Trinajstić information content (AvgIpc) is 2.07.